The van der Waals surface area contributed by atoms with E-state index < -0.39 is 5.82 Å². The van der Waals surface area contributed by atoms with Crippen molar-refractivity contribution in [2.45, 2.75) is 13.3 Å². The fourth-order valence-electron chi connectivity index (χ4n) is 1.63. The van der Waals surface area contributed by atoms with E-state index >= 15 is 0 Å². The van der Waals surface area contributed by atoms with Crippen LogP contribution in [0.2, 0.25) is 0 Å². The molecular formula is C12H12FN3O. The highest BCUT2D eigenvalue weighted by molar-refractivity contribution is 5.98. The first-order chi connectivity index (χ1) is 8.06. The third-order valence-electron chi connectivity index (χ3n) is 2.49. The van der Waals surface area contributed by atoms with E-state index in [2.05, 4.69) is 10.3 Å². The van der Waals surface area contributed by atoms with Gasteiger partial charge in [-0.05, 0) is 24.6 Å². The van der Waals surface area contributed by atoms with Gasteiger partial charge in [0.05, 0.1) is 12.1 Å². The number of ketones is 1. The topological polar surface area (TPSA) is 47.8 Å². The van der Waals surface area contributed by atoms with Crippen LogP contribution in [0, 0.1) is 12.7 Å². The van der Waals surface area contributed by atoms with Gasteiger partial charge in [-0.25, -0.2) is 4.39 Å². The highest BCUT2D eigenvalue weighted by atomic mass is 19.1. The minimum Gasteiger partial charge on any atom is -0.294 e. The van der Waals surface area contributed by atoms with E-state index in [4.69, 9.17) is 0 Å². The summed E-state index contributed by atoms with van der Waals surface area (Å²) in [5, 5.41) is 7.58. The third kappa shape index (κ3) is 2.55. The Bertz CT molecular complexity index is 563. The fourth-order valence-corrected chi connectivity index (χ4v) is 1.63. The van der Waals surface area contributed by atoms with E-state index in [1.165, 1.54) is 16.8 Å². The normalized spacial score (nSPS) is 10.5. The Morgan fingerprint density at radius 3 is 2.88 bits per heavy atom. The Balaban J connectivity index is 2.22. The van der Waals surface area contributed by atoms with Gasteiger partial charge in [-0.2, -0.15) is 0 Å². The zero-order valence-corrected chi connectivity index (χ0v) is 9.64. The molecule has 2 rings (SSSR count). The maximum absolute atomic E-state index is 13.1. The molecule has 0 amide bonds. The van der Waals surface area contributed by atoms with Crippen LogP contribution in [-0.2, 0) is 13.5 Å². The number of carbonyl (C=O) groups is 1. The van der Waals surface area contributed by atoms with Crippen molar-refractivity contribution in [1.82, 2.24) is 15.0 Å². The lowest BCUT2D eigenvalue weighted by molar-refractivity contribution is 0.0991. The first kappa shape index (κ1) is 11.4. The van der Waals surface area contributed by atoms with E-state index in [0.717, 1.165) is 5.56 Å². The lowest BCUT2D eigenvalue weighted by Gasteiger charge is -2.03. The molecule has 0 aliphatic rings. The van der Waals surface area contributed by atoms with Gasteiger partial charge in [-0.1, -0.05) is 11.3 Å². The van der Waals surface area contributed by atoms with Gasteiger partial charge in [0.1, 0.15) is 5.82 Å². The molecule has 0 aliphatic heterocycles. The predicted molar refractivity (Wildman–Crippen MR) is 60.2 cm³/mol. The van der Waals surface area contributed by atoms with Gasteiger partial charge < -0.3 is 0 Å². The molecule has 0 radical (unpaired) electrons. The lowest BCUT2D eigenvalue weighted by atomic mass is 10.0. The van der Waals surface area contributed by atoms with Crippen molar-refractivity contribution < 1.29 is 9.18 Å². The molecule has 1 aromatic heterocycles. The van der Waals surface area contributed by atoms with Crippen LogP contribution in [0.5, 0.6) is 0 Å². The summed E-state index contributed by atoms with van der Waals surface area (Å²) in [6.45, 7) is 1.78. The lowest BCUT2D eigenvalue weighted by Crippen LogP contribution is -2.06. The molecule has 5 heteroatoms. The van der Waals surface area contributed by atoms with Crippen LogP contribution in [0.4, 0.5) is 4.39 Å². The summed E-state index contributed by atoms with van der Waals surface area (Å²) in [6.07, 6.45) is 1.81. The second-order valence-electron chi connectivity index (χ2n) is 3.94. The Morgan fingerprint density at radius 2 is 2.24 bits per heavy atom. The van der Waals surface area contributed by atoms with Crippen molar-refractivity contribution in [1.29, 1.82) is 0 Å². The van der Waals surface area contributed by atoms with Crippen molar-refractivity contribution >= 4 is 5.78 Å². The summed E-state index contributed by atoms with van der Waals surface area (Å²) in [7, 11) is 1.73. The quantitative estimate of drug-likeness (QED) is 0.758. The average Bonchev–Trinajstić information content (AvgIpc) is 2.67. The summed E-state index contributed by atoms with van der Waals surface area (Å²) >= 11 is 0. The molecule has 0 fully saturated rings. The van der Waals surface area contributed by atoms with Gasteiger partial charge in [0.2, 0.25) is 0 Å². The average molecular weight is 233 g/mol. The molecule has 0 unspecified atom stereocenters. The first-order valence-corrected chi connectivity index (χ1v) is 5.21. The SMILES string of the molecule is Cc1ccc(F)cc1C(=O)Cc1cn(C)nn1. The Labute approximate surface area is 98.1 Å². The van der Waals surface area contributed by atoms with Crippen LogP contribution in [-0.4, -0.2) is 20.8 Å². The second kappa shape index (κ2) is 4.45. The number of Topliss-reactive ketones (excluding diaryl/α,β-unsaturated/α-hetero) is 1. The molecular weight excluding hydrogens is 221 g/mol. The molecule has 1 aromatic carbocycles. The third-order valence-corrected chi connectivity index (χ3v) is 2.49. The van der Waals surface area contributed by atoms with Crippen molar-refractivity contribution in [3.8, 4) is 0 Å². The van der Waals surface area contributed by atoms with Crippen molar-refractivity contribution in [2.75, 3.05) is 0 Å². The van der Waals surface area contributed by atoms with Gasteiger partial charge in [-0.3, -0.25) is 9.48 Å². The van der Waals surface area contributed by atoms with Crippen LogP contribution >= 0.6 is 0 Å². The summed E-state index contributed by atoms with van der Waals surface area (Å²) < 4.78 is 14.6. The van der Waals surface area contributed by atoms with Gasteiger partial charge in [0, 0.05) is 18.8 Å². The fraction of sp³-hybridized carbons (Fsp3) is 0.250. The zero-order chi connectivity index (χ0) is 12.4. The van der Waals surface area contributed by atoms with Crippen molar-refractivity contribution in [3.05, 3.63) is 47.0 Å². The standard InChI is InChI=1S/C12H12FN3O/c1-8-3-4-9(13)5-11(8)12(17)6-10-7-16(2)15-14-10/h3-5,7H,6H2,1-2H3. The molecule has 17 heavy (non-hydrogen) atoms. The van der Waals surface area contributed by atoms with Gasteiger partial charge >= 0.3 is 0 Å². The molecule has 0 aliphatic carbocycles. The van der Waals surface area contributed by atoms with Crippen molar-refractivity contribution in [3.63, 3.8) is 0 Å². The molecule has 2 aromatic rings. The molecule has 0 saturated heterocycles. The molecule has 1 heterocycles. The number of aryl methyl sites for hydroxylation is 2. The minimum absolute atomic E-state index is 0.137. The van der Waals surface area contributed by atoms with E-state index in [9.17, 15) is 9.18 Å². The Morgan fingerprint density at radius 1 is 1.47 bits per heavy atom. The molecule has 88 valence electrons. The molecule has 0 N–H and O–H groups in total. The van der Waals surface area contributed by atoms with Crippen molar-refractivity contribution in [2.24, 2.45) is 7.05 Å². The maximum Gasteiger partial charge on any atom is 0.169 e. The van der Waals surface area contributed by atoms with Crippen LogP contribution in [0.1, 0.15) is 21.6 Å². The summed E-state index contributed by atoms with van der Waals surface area (Å²) in [5.41, 5.74) is 1.75. The van der Waals surface area contributed by atoms with Crippen LogP contribution < -0.4 is 0 Å². The van der Waals surface area contributed by atoms with E-state index in [-0.39, 0.29) is 12.2 Å². The number of carbonyl (C=O) groups excluding carboxylic acids is 1. The van der Waals surface area contributed by atoms with Gasteiger partial charge in [0.15, 0.2) is 5.78 Å². The van der Waals surface area contributed by atoms with Gasteiger partial charge in [0.25, 0.3) is 0 Å². The van der Waals surface area contributed by atoms with Crippen LogP contribution in [0.25, 0.3) is 0 Å². The summed E-state index contributed by atoms with van der Waals surface area (Å²) in [5.74, 6) is -0.555. The predicted octanol–water partition coefficient (Wildman–Crippen LogP) is 1.69. The Kier molecular flexibility index (Phi) is 2.99. The molecule has 0 atom stereocenters. The molecule has 4 nitrogen and oxygen atoms in total. The largest absolute Gasteiger partial charge is 0.294 e. The van der Waals surface area contributed by atoms with E-state index in [0.29, 0.717) is 11.3 Å². The number of benzene rings is 1. The molecule has 0 bridgehead atoms. The molecule has 0 spiro atoms. The summed E-state index contributed by atoms with van der Waals surface area (Å²) in [6, 6.07) is 4.20. The number of aromatic nitrogens is 3. The zero-order valence-electron chi connectivity index (χ0n) is 9.64. The smallest absolute Gasteiger partial charge is 0.169 e. The number of nitrogens with zero attached hydrogens (tertiary/aromatic N) is 3. The first-order valence-electron chi connectivity index (χ1n) is 5.21. The van der Waals surface area contributed by atoms with Gasteiger partial charge in [-0.15, -0.1) is 5.10 Å². The Hall–Kier alpha value is -2.04. The molecule has 0 saturated carbocycles. The number of halogens is 1. The highest BCUT2D eigenvalue weighted by Gasteiger charge is 2.12. The van der Waals surface area contributed by atoms with Crippen LogP contribution in [0.15, 0.2) is 24.4 Å². The van der Waals surface area contributed by atoms with Crippen LogP contribution in [0.3, 0.4) is 0 Å². The maximum atomic E-state index is 13.1. The monoisotopic (exact) mass is 233 g/mol. The number of hydrogen-bond acceptors (Lipinski definition) is 3. The summed E-state index contributed by atoms with van der Waals surface area (Å²) in [4.78, 5) is 12.0. The van der Waals surface area contributed by atoms with E-state index in [1.54, 1.807) is 26.2 Å². The van der Waals surface area contributed by atoms with E-state index in [1.807, 2.05) is 0 Å². The minimum atomic E-state index is -0.405. The second-order valence-corrected chi connectivity index (χ2v) is 3.94. The number of rotatable bonds is 3. The number of hydrogen-bond donors (Lipinski definition) is 0. The highest BCUT2D eigenvalue weighted by Crippen LogP contribution is 2.13.